The lowest BCUT2D eigenvalue weighted by Crippen LogP contribution is -2.29. The van der Waals surface area contributed by atoms with E-state index in [4.69, 9.17) is 15.2 Å². The van der Waals surface area contributed by atoms with Gasteiger partial charge in [0.05, 0.1) is 6.10 Å². The van der Waals surface area contributed by atoms with Crippen LogP contribution in [0.4, 0.5) is 0 Å². The van der Waals surface area contributed by atoms with Gasteiger partial charge in [0.1, 0.15) is 6.10 Å². The summed E-state index contributed by atoms with van der Waals surface area (Å²) in [6, 6.07) is 4.03. The molecule has 0 aromatic carbocycles. The zero-order valence-electron chi connectivity index (χ0n) is 12.8. The lowest BCUT2D eigenvalue weighted by Gasteiger charge is -2.28. The third kappa shape index (κ3) is 3.93. The Kier molecular flexibility index (Phi) is 5.38. The van der Waals surface area contributed by atoms with E-state index in [2.05, 4.69) is 24.9 Å². The first-order chi connectivity index (χ1) is 9.62. The lowest BCUT2D eigenvalue weighted by molar-refractivity contribution is 0.0194. The Morgan fingerprint density at radius 2 is 2.05 bits per heavy atom. The van der Waals surface area contributed by atoms with Crippen molar-refractivity contribution in [1.82, 2.24) is 4.98 Å². The van der Waals surface area contributed by atoms with E-state index < -0.39 is 0 Å². The van der Waals surface area contributed by atoms with Crippen molar-refractivity contribution in [2.45, 2.75) is 64.2 Å². The van der Waals surface area contributed by atoms with Crippen molar-refractivity contribution < 1.29 is 9.47 Å². The molecular weight excluding hydrogens is 252 g/mol. The van der Waals surface area contributed by atoms with Crippen LogP contribution in [0.5, 0.6) is 5.88 Å². The smallest absolute Gasteiger partial charge is 0.214 e. The van der Waals surface area contributed by atoms with E-state index in [1.807, 2.05) is 6.07 Å². The van der Waals surface area contributed by atoms with Crippen molar-refractivity contribution in [2.24, 2.45) is 5.73 Å². The molecule has 1 heterocycles. The summed E-state index contributed by atoms with van der Waals surface area (Å²) in [4.78, 5) is 4.61. The van der Waals surface area contributed by atoms with Gasteiger partial charge >= 0.3 is 0 Å². The normalized spacial score (nSPS) is 23.1. The Morgan fingerprint density at radius 3 is 2.70 bits per heavy atom. The van der Waals surface area contributed by atoms with E-state index >= 15 is 0 Å². The molecule has 2 unspecified atom stereocenters. The zero-order chi connectivity index (χ0) is 14.5. The van der Waals surface area contributed by atoms with Crippen molar-refractivity contribution in [3.63, 3.8) is 0 Å². The van der Waals surface area contributed by atoms with E-state index in [1.54, 1.807) is 7.11 Å². The van der Waals surface area contributed by atoms with Crippen molar-refractivity contribution in [3.05, 3.63) is 23.4 Å². The van der Waals surface area contributed by atoms with Crippen molar-refractivity contribution >= 4 is 0 Å². The fourth-order valence-corrected chi connectivity index (χ4v) is 2.65. The third-order valence-electron chi connectivity index (χ3n) is 3.91. The van der Waals surface area contributed by atoms with Gasteiger partial charge in [-0.15, -0.1) is 0 Å². The summed E-state index contributed by atoms with van der Waals surface area (Å²) in [5.74, 6) is 1.08. The van der Waals surface area contributed by atoms with Gasteiger partial charge in [-0.2, -0.15) is 0 Å². The molecule has 0 spiro atoms. The Bertz CT molecular complexity index is 434. The van der Waals surface area contributed by atoms with Crippen LogP contribution in [0.25, 0.3) is 0 Å². The van der Waals surface area contributed by atoms with Gasteiger partial charge in [-0.3, -0.25) is 0 Å². The molecule has 2 N–H and O–H groups in total. The van der Waals surface area contributed by atoms with Crippen LogP contribution in [0.15, 0.2) is 12.1 Å². The molecule has 0 radical (unpaired) electrons. The van der Waals surface area contributed by atoms with Gasteiger partial charge in [-0.1, -0.05) is 13.8 Å². The van der Waals surface area contributed by atoms with Crippen molar-refractivity contribution in [1.29, 1.82) is 0 Å². The second-order valence-corrected chi connectivity index (χ2v) is 5.86. The predicted octanol–water partition coefficient (Wildman–Crippen LogP) is 3.00. The fourth-order valence-electron chi connectivity index (χ4n) is 2.65. The van der Waals surface area contributed by atoms with Crippen LogP contribution < -0.4 is 10.5 Å². The first kappa shape index (κ1) is 15.3. The number of nitrogens with two attached hydrogens (primary N) is 1. The maximum Gasteiger partial charge on any atom is 0.214 e. The Labute approximate surface area is 121 Å². The van der Waals surface area contributed by atoms with Crippen molar-refractivity contribution in [2.75, 3.05) is 7.11 Å². The Hall–Kier alpha value is -1.13. The molecule has 0 amide bonds. The molecule has 1 aliphatic rings. The fraction of sp³-hybridized carbons (Fsp3) is 0.688. The number of nitrogens with zero attached hydrogens (tertiary/aromatic N) is 1. The monoisotopic (exact) mass is 278 g/mol. The quantitative estimate of drug-likeness (QED) is 0.899. The Balaban J connectivity index is 2.09. The van der Waals surface area contributed by atoms with Gasteiger partial charge in [0.25, 0.3) is 0 Å². The zero-order valence-corrected chi connectivity index (χ0v) is 12.8. The van der Waals surface area contributed by atoms with Gasteiger partial charge in [0.2, 0.25) is 5.88 Å². The highest BCUT2D eigenvalue weighted by Gasteiger charge is 2.23. The summed E-state index contributed by atoms with van der Waals surface area (Å²) in [7, 11) is 1.78. The molecule has 0 bridgehead atoms. The average molecular weight is 278 g/mol. The minimum atomic E-state index is 0.203. The van der Waals surface area contributed by atoms with E-state index in [1.165, 1.54) is 0 Å². The minimum Gasteiger partial charge on any atom is -0.474 e. The van der Waals surface area contributed by atoms with E-state index in [0.717, 1.165) is 36.9 Å². The molecule has 2 atom stereocenters. The van der Waals surface area contributed by atoms with Crippen LogP contribution >= 0.6 is 0 Å². The van der Waals surface area contributed by atoms with Crippen molar-refractivity contribution in [3.8, 4) is 5.88 Å². The van der Waals surface area contributed by atoms with Gasteiger partial charge in [0.15, 0.2) is 0 Å². The lowest BCUT2D eigenvalue weighted by atomic mass is 9.95. The summed E-state index contributed by atoms with van der Waals surface area (Å²) in [5.41, 5.74) is 7.89. The van der Waals surface area contributed by atoms with Gasteiger partial charge in [0, 0.05) is 31.8 Å². The van der Waals surface area contributed by atoms with E-state index in [9.17, 15) is 0 Å². The molecule has 1 fully saturated rings. The van der Waals surface area contributed by atoms with E-state index in [-0.39, 0.29) is 6.10 Å². The summed E-state index contributed by atoms with van der Waals surface area (Å²) in [6.45, 7) is 4.78. The topological polar surface area (TPSA) is 57.4 Å². The van der Waals surface area contributed by atoms with Gasteiger partial charge < -0.3 is 15.2 Å². The number of hydrogen-bond donors (Lipinski definition) is 1. The maximum atomic E-state index is 6.07. The molecular formula is C16H26N2O2. The summed E-state index contributed by atoms with van der Waals surface area (Å²) >= 11 is 0. The second-order valence-electron chi connectivity index (χ2n) is 5.86. The molecule has 1 aromatic heterocycles. The van der Waals surface area contributed by atoms with Gasteiger partial charge in [-0.25, -0.2) is 4.98 Å². The summed E-state index contributed by atoms with van der Waals surface area (Å²) in [6.07, 6.45) is 4.82. The minimum absolute atomic E-state index is 0.203. The molecule has 20 heavy (non-hydrogen) atoms. The van der Waals surface area contributed by atoms with Crippen LogP contribution in [-0.4, -0.2) is 24.3 Å². The highest BCUT2D eigenvalue weighted by Crippen LogP contribution is 2.26. The molecule has 4 nitrogen and oxygen atoms in total. The molecule has 0 aliphatic heterocycles. The van der Waals surface area contributed by atoms with Gasteiger partial charge in [-0.05, 0) is 36.8 Å². The second kappa shape index (κ2) is 7.04. The highest BCUT2D eigenvalue weighted by atomic mass is 16.5. The molecule has 1 aromatic rings. The SMILES string of the molecule is COC1CCCC(Oc2cc(CN)cc(C(C)C)n2)C1. The molecule has 2 rings (SSSR count). The number of ether oxygens (including phenoxy) is 2. The largest absolute Gasteiger partial charge is 0.474 e. The molecule has 112 valence electrons. The molecule has 1 saturated carbocycles. The van der Waals surface area contributed by atoms with E-state index in [0.29, 0.717) is 24.4 Å². The Morgan fingerprint density at radius 1 is 1.30 bits per heavy atom. The highest BCUT2D eigenvalue weighted by molar-refractivity contribution is 5.26. The number of methoxy groups -OCH3 is 1. The van der Waals surface area contributed by atoms with Crippen LogP contribution in [0.3, 0.4) is 0 Å². The van der Waals surface area contributed by atoms with Crippen LogP contribution in [0.1, 0.15) is 56.7 Å². The van der Waals surface area contributed by atoms with Crippen LogP contribution in [-0.2, 0) is 11.3 Å². The standard InChI is InChI=1S/C16H26N2O2/c1-11(2)15-7-12(10-17)8-16(18-15)20-14-6-4-5-13(9-14)19-3/h7-8,11,13-14H,4-6,9-10,17H2,1-3H3. The number of rotatable bonds is 5. The maximum absolute atomic E-state index is 6.07. The predicted molar refractivity (Wildman–Crippen MR) is 79.9 cm³/mol. The summed E-state index contributed by atoms with van der Waals surface area (Å²) in [5, 5.41) is 0. The molecule has 1 aliphatic carbocycles. The third-order valence-corrected chi connectivity index (χ3v) is 3.91. The number of aromatic nitrogens is 1. The summed E-state index contributed by atoms with van der Waals surface area (Å²) < 4.78 is 11.5. The first-order valence-electron chi connectivity index (χ1n) is 7.52. The number of hydrogen-bond acceptors (Lipinski definition) is 4. The van der Waals surface area contributed by atoms with Crippen LogP contribution in [0, 0.1) is 0 Å². The number of pyridine rings is 1. The average Bonchev–Trinajstić information content (AvgIpc) is 2.47. The first-order valence-corrected chi connectivity index (χ1v) is 7.52. The molecule has 4 heteroatoms. The van der Waals surface area contributed by atoms with Crippen LogP contribution in [0.2, 0.25) is 0 Å². The molecule has 0 saturated heterocycles.